The predicted molar refractivity (Wildman–Crippen MR) is 75.7 cm³/mol. The van der Waals surface area contributed by atoms with Crippen molar-refractivity contribution >= 4 is 11.6 Å². The van der Waals surface area contributed by atoms with Crippen LogP contribution in [0.1, 0.15) is 12.5 Å². The lowest BCUT2D eigenvalue weighted by molar-refractivity contribution is -0.127. The van der Waals surface area contributed by atoms with Gasteiger partial charge in [0.05, 0.1) is 12.2 Å². The van der Waals surface area contributed by atoms with Crippen LogP contribution in [0.4, 0.5) is 10.1 Å². The highest BCUT2D eigenvalue weighted by Gasteiger charge is 2.18. The van der Waals surface area contributed by atoms with Gasteiger partial charge in [-0.05, 0) is 25.6 Å². The first-order valence-corrected chi connectivity index (χ1v) is 6.38. The van der Waals surface area contributed by atoms with E-state index in [4.69, 9.17) is 0 Å². The quantitative estimate of drug-likeness (QED) is 0.847. The Hall–Kier alpha value is -1.62. The Kier molecular flexibility index (Phi) is 5.76. The summed E-state index contributed by atoms with van der Waals surface area (Å²) in [6, 6.07) is 4.99. The van der Waals surface area contributed by atoms with Crippen LogP contribution in [0.5, 0.6) is 0 Å². The molecule has 0 aliphatic rings. The highest BCUT2D eigenvalue weighted by molar-refractivity contribution is 5.81. The van der Waals surface area contributed by atoms with E-state index < -0.39 is 0 Å². The Balaban J connectivity index is 3.06. The first kappa shape index (κ1) is 15.4. The Morgan fingerprint density at radius 3 is 2.58 bits per heavy atom. The van der Waals surface area contributed by atoms with Gasteiger partial charge in [-0.3, -0.25) is 4.79 Å². The fourth-order valence-electron chi connectivity index (χ4n) is 1.90. The molecule has 0 saturated carbocycles. The zero-order valence-electron chi connectivity index (χ0n) is 12.0. The average molecular weight is 267 g/mol. The second-order valence-electron chi connectivity index (χ2n) is 4.58. The maximum Gasteiger partial charge on any atom is 0.241 e. The zero-order valence-corrected chi connectivity index (χ0v) is 12.0. The van der Waals surface area contributed by atoms with Crippen LogP contribution in [0.25, 0.3) is 0 Å². The number of amides is 1. The van der Waals surface area contributed by atoms with Gasteiger partial charge in [0.15, 0.2) is 0 Å². The van der Waals surface area contributed by atoms with E-state index in [9.17, 15) is 9.18 Å². The van der Waals surface area contributed by atoms with Gasteiger partial charge in [-0.15, -0.1) is 0 Å². The second kappa shape index (κ2) is 7.09. The summed E-state index contributed by atoms with van der Waals surface area (Å²) in [5.41, 5.74) is 1.37. The summed E-state index contributed by atoms with van der Waals surface area (Å²) in [5.74, 6) is -0.332. The van der Waals surface area contributed by atoms with Crippen molar-refractivity contribution in [3.05, 3.63) is 29.6 Å². The van der Waals surface area contributed by atoms with Crippen molar-refractivity contribution in [1.29, 1.82) is 0 Å². The minimum Gasteiger partial charge on any atom is -0.360 e. The Bertz CT molecular complexity index is 435. The molecule has 0 aliphatic heterocycles. The van der Waals surface area contributed by atoms with Gasteiger partial charge in [0, 0.05) is 27.2 Å². The molecule has 0 spiro atoms. The van der Waals surface area contributed by atoms with Crippen molar-refractivity contribution in [2.75, 3.05) is 39.1 Å². The van der Waals surface area contributed by atoms with Gasteiger partial charge in [0.25, 0.3) is 0 Å². The monoisotopic (exact) mass is 267 g/mol. The summed E-state index contributed by atoms with van der Waals surface area (Å²) in [6.07, 6.45) is 0. The minimum atomic E-state index is -0.291. The molecule has 1 aromatic rings. The van der Waals surface area contributed by atoms with Crippen molar-refractivity contribution in [3.8, 4) is 0 Å². The fourth-order valence-corrected chi connectivity index (χ4v) is 1.90. The van der Waals surface area contributed by atoms with Gasteiger partial charge in [-0.2, -0.15) is 0 Å². The van der Waals surface area contributed by atoms with Gasteiger partial charge in [-0.1, -0.05) is 12.1 Å². The Morgan fingerprint density at radius 1 is 1.37 bits per heavy atom. The molecule has 0 fully saturated rings. The number of likely N-dealkylation sites (N-methyl/N-ethyl adjacent to an activating group) is 2. The summed E-state index contributed by atoms with van der Waals surface area (Å²) >= 11 is 0. The predicted octanol–water partition coefficient (Wildman–Crippen LogP) is 1.46. The SMILES string of the molecule is CCN(CC(=O)N(C)C)c1c(F)cccc1CNC. The second-order valence-corrected chi connectivity index (χ2v) is 4.58. The molecule has 0 aromatic heterocycles. The number of benzene rings is 1. The molecule has 19 heavy (non-hydrogen) atoms. The van der Waals surface area contributed by atoms with Crippen LogP contribution >= 0.6 is 0 Å². The van der Waals surface area contributed by atoms with E-state index >= 15 is 0 Å². The van der Waals surface area contributed by atoms with E-state index in [0.29, 0.717) is 18.8 Å². The standard InChI is InChI=1S/C14H22FN3O/c1-5-18(10-13(19)17(3)4)14-11(9-16-2)7-6-8-12(14)15/h6-8,16H,5,9-10H2,1-4H3. The number of nitrogens with zero attached hydrogens (tertiary/aromatic N) is 2. The highest BCUT2D eigenvalue weighted by Crippen LogP contribution is 2.24. The first-order valence-electron chi connectivity index (χ1n) is 6.38. The smallest absolute Gasteiger partial charge is 0.241 e. The van der Waals surface area contributed by atoms with Crippen LogP contribution in [0.3, 0.4) is 0 Å². The van der Waals surface area contributed by atoms with Crippen LogP contribution in [-0.2, 0) is 11.3 Å². The van der Waals surface area contributed by atoms with Gasteiger partial charge >= 0.3 is 0 Å². The summed E-state index contributed by atoms with van der Waals surface area (Å²) in [5, 5.41) is 3.02. The van der Waals surface area contributed by atoms with Gasteiger partial charge in [-0.25, -0.2) is 4.39 Å². The van der Waals surface area contributed by atoms with Crippen LogP contribution in [0, 0.1) is 5.82 Å². The largest absolute Gasteiger partial charge is 0.360 e. The summed E-state index contributed by atoms with van der Waals surface area (Å²) in [6.45, 7) is 3.25. The van der Waals surface area contributed by atoms with E-state index in [1.54, 1.807) is 25.1 Å². The third kappa shape index (κ3) is 3.92. The maximum atomic E-state index is 14.1. The van der Waals surface area contributed by atoms with E-state index in [1.165, 1.54) is 11.0 Å². The molecule has 1 aromatic carbocycles. The molecule has 0 atom stereocenters. The molecule has 1 rings (SSSR count). The van der Waals surface area contributed by atoms with Crippen LogP contribution in [0.2, 0.25) is 0 Å². The van der Waals surface area contributed by atoms with Crippen LogP contribution < -0.4 is 10.2 Å². The molecular weight excluding hydrogens is 245 g/mol. The number of anilines is 1. The summed E-state index contributed by atoms with van der Waals surface area (Å²) in [4.78, 5) is 15.1. The molecule has 0 heterocycles. The molecule has 0 aliphatic carbocycles. The zero-order chi connectivity index (χ0) is 14.4. The lowest BCUT2D eigenvalue weighted by Gasteiger charge is -2.27. The molecule has 0 bridgehead atoms. The molecule has 5 heteroatoms. The first-order chi connectivity index (χ1) is 9.01. The van der Waals surface area contributed by atoms with Crippen LogP contribution in [0.15, 0.2) is 18.2 Å². The van der Waals surface area contributed by atoms with E-state index in [0.717, 1.165) is 5.56 Å². The average Bonchev–Trinajstić information content (AvgIpc) is 2.37. The molecular formula is C14H22FN3O. The van der Waals surface area contributed by atoms with Gasteiger partial charge in [0.1, 0.15) is 5.82 Å². The molecule has 0 saturated heterocycles. The number of para-hydroxylation sites is 1. The summed E-state index contributed by atoms with van der Waals surface area (Å²) in [7, 11) is 5.22. The number of halogens is 1. The normalized spacial score (nSPS) is 10.4. The maximum absolute atomic E-state index is 14.1. The van der Waals surface area contributed by atoms with Crippen molar-refractivity contribution in [3.63, 3.8) is 0 Å². The van der Waals surface area contributed by atoms with Crippen LogP contribution in [-0.4, -0.2) is 45.0 Å². The minimum absolute atomic E-state index is 0.0412. The lowest BCUT2D eigenvalue weighted by Crippen LogP contribution is -2.37. The van der Waals surface area contributed by atoms with E-state index in [-0.39, 0.29) is 18.3 Å². The summed E-state index contributed by atoms with van der Waals surface area (Å²) < 4.78 is 14.1. The molecule has 0 unspecified atom stereocenters. The third-order valence-electron chi connectivity index (χ3n) is 2.96. The Morgan fingerprint density at radius 2 is 2.05 bits per heavy atom. The fraction of sp³-hybridized carbons (Fsp3) is 0.500. The Labute approximate surface area is 114 Å². The van der Waals surface area contributed by atoms with E-state index in [2.05, 4.69) is 5.32 Å². The molecule has 0 radical (unpaired) electrons. The lowest BCUT2D eigenvalue weighted by atomic mass is 10.1. The highest BCUT2D eigenvalue weighted by atomic mass is 19.1. The van der Waals surface area contributed by atoms with Crippen molar-refractivity contribution in [2.45, 2.75) is 13.5 Å². The van der Waals surface area contributed by atoms with E-state index in [1.807, 2.05) is 20.0 Å². The number of hydrogen-bond donors (Lipinski definition) is 1. The van der Waals surface area contributed by atoms with Crippen molar-refractivity contribution in [1.82, 2.24) is 10.2 Å². The number of hydrogen-bond acceptors (Lipinski definition) is 3. The number of carbonyl (C=O) groups is 1. The third-order valence-corrected chi connectivity index (χ3v) is 2.96. The number of carbonyl (C=O) groups excluding carboxylic acids is 1. The topological polar surface area (TPSA) is 35.6 Å². The number of rotatable bonds is 6. The molecule has 1 N–H and O–H groups in total. The molecule has 106 valence electrons. The molecule has 4 nitrogen and oxygen atoms in total. The van der Waals surface area contributed by atoms with Crippen molar-refractivity contribution < 1.29 is 9.18 Å². The molecule has 1 amide bonds. The number of nitrogens with one attached hydrogen (secondary N) is 1. The van der Waals surface area contributed by atoms with Gasteiger partial charge < -0.3 is 15.1 Å². The van der Waals surface area contributed by atoms with Crippen molar-refractivity contribution in [2.24, 2.45) is 0 Å². The van der Waals surface area contributed by atoms with Gasteiger partial charge in [0.2, 0.25) is 5.91 Å².